The summed E-state index contributed by atoms with van der Waals surface area (Å²) in [6.45, 7) is 10.5. The lowest BCUT2D eigenvalue weighted by Gasteiger charge is -2.39. The molecule has 0 aromatic rings. The smallest absolute Gasteiger partial charge is 0.226 e. The number of carbonyl (C=O) groups is 1. The molecule has 0 aromatic carbocycles. The Morgan fingerprint density at radius 1 is 1.15 bits per heavy atom. The van der Waals surface area contributed by atoms with Gasteiger partial charge in [-0.1, -0.05) is 6.92 Å². The van der Waals surface area contributed by atoms with Crippen LogP contribution in [-0.4, -0.2) is 54.0 Å². The molecule has 1 aliphatic heterocycles. The highest BCUT2D eigenvalue weighted by Crippen LogP contribution is 2.19. The lowest BCUT2D eigenvalue weighted by molar-refractivity contribution is -0.137. The van der Waals surface area contributed by atoms with Gasteiger partial charge < -0.3 is 15.5 Å². The van der Waals surface area contributed by atoms with Crippen LogP contribution in [-0.2, 0) is 4.79 Å². The molecule has 2 atom stereocenters. The fourth-order valence-electron chi connectivity index (χ4n) is 2.52. The highest BCUT2D eigenvalue weighted by molar-refractivity contribution is 5.85. The van der Waals surface area contributed by atoms with E-state index in [1.54, 1.807) is 0 Å². The van der Waals surface area contributed by atoms with Gasteiger partial charge in [-0.25, -0.2) is 0 Å². The van der Waals surface area contributed by atoms with Crippen LogP contribution in [0.25, 0.3) is 0 Å². The van der Waals surface area contributed by atoms with E-state index in [-0.39, 0.29) is 42.7 Å². The van der Waals surface area contributed by atoms with Gasteiger partial charge in [0.05, 0.1) is 5.92 Å². The zero-order valence-electron chi connectivity index (χ0n) is 13.3. The van der Waals surface area contributed by atoms with Crippen molar-refractivity contribution in [1.29, 1.82) is 0 Å². The molecule has 0 aromatic heterocycles. The first-order chi connectivity index (χ1) is 8.34. The summed E-state index contributed by atoms with van der Waals surface area (Å²) in [6.07, 6.45) is 2.15. The van der Waals surface area contributed by atoms with E-state index in [9.17, 15) is 4.79 Å². The van der Waals surface area contributed by atoms with Crippen molar-refractivity contribution < 1.29 is 4.79 Å². The van der Waals surface area contributed by atoms with Crippen LogP contribution in [0, 0.1) is 5.92 Å². The largest absolute Gasteiger partial charge is 0.342 e. The summed E-state index contributed by atoms with van der Waals surface area (Å²) >= 11 is 0. The van der Waals surface area contributed by atoms with Gasteiger partial charge in [0.25, 0.3) is 0 Å². The van der Waals surface area contributed by atoms with Gasteiger partial charge in [0, 0.05) is 38.3 Å². The zero-order chi connectivity index (χ0) is 13.9. The molecule has 0 spiro atoms. The molecule has 1 fully saturated rings. The normalized spacial score (nSPS) is 19.8. The van der Waals surface area contributed by atoms with Gasteiger partial charge in [-0.3, -0.25) is 4.79 Å². The Balaban J connectivity index is 0. The molecule has 4 nitrogen and oxygen atoms in total. The van der Waals surface area contributed by atoms with Crippen molar-refractivity contribution in [1.82, 2.24) is 9.80 Å². The third-order valence-corrected chi connectivity index (χ3v) is 4.30. The number of piperidine rings is 1. The van der Waals surface area contributed by atoms with Crippen LogP contribution >= 0.6 is 24.8 Å². The second-order valence-corrected chi connectivity index (χ2v) is 5.96. The van der Waals surface area contributed by atoms with Crippen LogP contribution in [0.15, 0.2) is 0 Å². The van der Waals surface area contributed by atoms with E-state index in [0.717, 1.165) is 25.9 Å². The second-order valence-electron chi connectivity index (χ2n) is 5.96. The molecule has 2 N–H and O–H groups in total. The number of nitrogens with two attached hydrogens (primary N) is 1. The maximum Gasteiger partial charge on any atom is 0.226 e. The molecule has 0 radical (unpaired) electrons. The van der Waals surface area contributed by atoms with E-state index in [2.05, 4.69) is 18.7 Å². The van der Waals surface area contributed by atoms with Crippen molar-refractivity contribution >= 4 is 30.7 Å². The van der Waals surface area contributed by atoms with Gasteiger partial charge in [0.1, 0.15) is 0 Å². The zero-order valence-corrected chi connectivity index (χ0v) is 15.0. The van der Waals surface area contributed by atoms with Crippen LogP contribution in [0.1, 0.15) is 40.5 Å². The third kappa shape index (κ3) is 5.76. The molecule has 122 valence electrons. The minimum atomic E-state index is -0.0851. The van der Waals surface area contributed by atoms with Crippen molar-refractivity contribution in [3.63, 3.8) is 0 Å². The maximum absolute atomic E-state index is 12.2. The van der Waals surface area contributed by atoms with Crippen molar-refractivity contribution in [2.45, 2.75) is 58.7 Å². The number of hydrogen-bond donors (Lipinski definition) is 1. The van der Waals surface area contributed by atoms with Crippen LogP contribution in [0.5, 0.6) is 0 Å². The van der Waals surface area contributed by atoms with Crippen molar-refractivity contribution in [3.8, 4) is 0 Å². The lowest BCUT2D eigenvalue weighted by Crippen LogP contribution is -2.50. The van der Waals surface area contributed by atoms with E-state index < -0.39 is 0 Å². The molecule has 0 aliphatic carbocycles. The minimum absolute atomic E-state index is 0. The summed E-state index contributed by atoms with van der Waals surface area (Å²) < 4.78 is 0. The number of halogens is 2. The van der Waals surface area contributed by atoms with Crippen molar-refractivity contribution in [2.24, 2.45) is 11.7 Å². The van der Waals surface area contributed by atoms with Gasteiger partial charge in [-0.05, 0) is 33.6 Å². The molecule has 1 saturated heterocycles. The van der Waals surface area contributed by atoms with Crippen LogP contribution < -0.4 is 5.73 Å². The molecular formula is C14H31Cl2N3O. The van der Waals surface area contributed by atoms with Crippen molar-refractivity contribution in [3.05, 3.63) is 0 Å². The highest BCUT2D eigenvalue weighted by atomic mass is 35.5. The molecule has 6 heteroatoms. The number of hydrogen-bond acceptors (Lipinski definition) is 3. The van der Waals surface area contributed by atoms with E-state index >= 15 is 0 Å². The number of carbonyl (C=O) groups excluding carboxylic acids is 1. The molecule has 1 rings (SSSR count). The highest BCUT2D eigenvalue weighted by Gasteiger charge is 2.29. The maximum atomic E-state index is 12.2. The van der Waals surface area contributed by atoms with Gasteiger partial charge in [-0.15, -0.1) is 24.8 Å². The predicted octanol–water partition coefficient (Wildman–Crippen LogP) is 2.14. The Morgan fingerprint density at radius 2 is 1.60 bits per heavy atom. The Hall–Kier alpha value is -0.0300. The summed E-state index contributed by atoms with van der Waals surface area (Å²) in [4.78, 5) is 16.6. The Labute approximate surface area is 136 Å². The first-order valence-corrected chi connectivity index (χ1v) is 7.11. The SMILES string of the molecule is CC(N)C(C)C(=O)N(C)C1CCN(C(C)C)CC1.Cl.Cl. The van der Waals surface area contributed by atoms with E-state index in [1.807, 2.05) is 25.8 Å². The van der Waals surface area contributed by atoms with Crippen LogP contribution in [0.3, 0.4) is 0 Å². The first-order valence-electron chi connectivity index (χ1n) is 7.11. The lowest BCUT2D eigenvalue weighted by atomic mass is 9.98. The first kappa shape index (κ1) is 22.3. The number of likely N-dealkylation sites (tertiary alicyclic amines) is 1. The number of nitrogens with zero attached hydrogens (tertiary/aromatic N) is 2. The van der Waals surface area contributed by atoms with Crippen molar-refractivity contribution in [2.75, 3.05) is 20.1 Å². The van der Waals surface area contributed by atoms with Gasteiger partial charge in [0.2, 0.25) is 5.91 Å². The summed E-state index contributed by atoms with van der Waals surface area (Å²) in [6, 6.07) is 0.916. The summed E-state index contributed by atoms with van der Waals surface area (Å²) in [5.41, 5.74) is 5.81. The van der Waals surface area contributed by atoms with E-state index in [4.69, 9.17) is 5.73 Å². The molecule has 0 saturated carbocycles. The third-order valence-electron chi connectivity index (χ3n) is 4.30. The average Bonchev–Trinajstić information content (AvgIpc) is 2.36. The summed E-state index contributed by atoms with van der Waals surface area (Å²) in [5, 5.41) is 0. The Kier molecular flexibility index (Phi) is 10.9. The fourth-order valence-corrected chi connectivity index (χ4v) is 2.52. The van der Waals surface area contributed by atoms with E-state index in [0.29, 0.717) is 12.1 Å². The van der Waals surface area contributed by atoms with Crippen LogP contribution in [0.4, 0.5) is 0 Å². The quantitative estimate of drug-likeness (QED) is 0.860. The van der Waals surface area contributed by atoms with Crippen LogP contribution in [0.2, 0.25) is 0 Å². The Morgan fingerprint density at radius 3 is 1.95 bits per heavy atom. The summed E-state index contributed by atoms with van der Waals surface area (Å²) in [5.74, 6) is 0.103. The summed E-state index contributed by atoms with van der Waals surface area (Å²) in [7, 11) is 1.93. The molecule has 20 heavy (non-hydrogen) atoms. The molecule has 2 unspecified atom stereocenters. The topological polar surface area (TPSA) is 49.6 Å². The average molecular weight is 328 g/mol. The predicted molar refractivity (Wildman–Crippen MR) is 89.8 cm³/mol. The number of rotatable bonds is 4. The monoisotopic (exact) mass is 327 g/mol. The Bertz CT molecular complexity index is 280. The molecular weight excluding hydrogens is 297 g/mol. The number of amides is 1. The van der Waals surface area contributed by atoms with Gasteiger partial charge in [0.15, 0.2) is 0 Å². The van der Waals surface area contributed by atoms with Gasteiger partial charge >= 0.3 is 0 Å². The standard InChI is InChI=1S/C14H29N3O.2ClH/c1-10(2)17-8-6-13(7-9-17)16(5)14(18)11(3)12(4)15;;/h10-13H,6-9,15H2,1-5H3;2*1H. The fraction of sp³-hybridized carbons (Fsp3) is 0.929. The molecule has 0 bridgehead atoms. The second kappa shape index (κ2) is 9.82. The molecule has 1 heterocycles. The minimum Gasteiger partial charge on any atom is -0.342 e. The van der Waals surface area contributed by atoms with E-state index in [1.165, 1.54) is 0 Å². The van der Waals surface area contributed by atoms with Gasteiger partial charge in [-0.2, -0.15) is 0 Å². The molecule has 1 aliphatic rings. The molecule has 1 amide bonds.